The molecule has 0 aliphatic carbocycles. The lowest BCUT2D eigenvalue weighted by molar-refractivity contribution is -0.148. The molecule has 2 heterocycles. The van der Waals surface area contributed by atoms with E-state index in [1.54, 1.807) is 12.1 Å². The highest BCUT2D eigenvalue weighted by Crippen LogP contribution is 2.23. The molecule has 1 amide bonds. The van der Waals surface area contributed by atoms with Gasteiger partial charge in [-0.25, -0.2) is 0 Å². The average molecular weight is 386 g/mol. The van der Waals surface area contributed by atoms with Crippen molar-refractivity contribution >= 4 is 51.9 Å². The van der Waals surface area contributed by atoms with Gasteiger partial charge in [0.05, 0.1) is 21.7 Å². The number of amides is 1. The lowest BCUT2D eigenvalue weighted by Gasteiger charge is -2.12. The van der Waals surface area contributed by atoms with Gasteiger partial charge in [-0.05, 0) is 30.5 Å². The van der Waals surface area contributed by atoms with E-state index in [1.165, 1.54) is 22.7 Å². The minimum absolute atomic E-state index is 0.0306. The zero-order valence-corrected chi connectivity index (χ0v) is 15.3. The van der Waals surface area contributed by atoms with Crippen LogP contribution in [0.2, 0.25) is 4.34 Å². The summed E-state index contributed by atoms with van der Waals surface area (Å²) in [5.41, 5.74) is 0. The van der Waals surface area contributed by atoms with Crippen molar-refractivity contribution < 1.29 is 19.1 Å². The number of ketones is 1. The van der Waals surface area contributed by atoms with Gasteiger partial charge in [-0.15, -0.1) is 22.7 Å². The molecule has 0 bridgehead atoms. The fourth-order valence-electron chi connectivity index (χ4n) is 1.91. The molecule has 0 saturated carbocycles. The average Bonchev–Trinajstić information content (AvgIpc) is 3.22. The second-order valence-electron chi connectivity index (χ2n) is 4.99. The van der Waals surface area contributed by atoms with Crippen LogP contribution in [0.15, 0.2) is 29.6 Å². The van der Waals surface area contributed by atoms with Crippen molar-refractivity contribution in [2.24, 2.45) is 0 Å². The second kappa shape index (κ2) is 8.96. The van der Waals surface area contributed by atoms with Gasteiger partial charge in [-0.1, -0.05) is 17.7 Å². The Morgan fingerprint density at radius 2 is 2.04 bits per heavy atom. The lowest BCUT2D eigenvalue weighted by atomic mass is 10.2. The number of halogens is 1. The summed E-state index contributed by atoms with van der Waals surface area (Å²) in [6.45, 7) is 1.50. The Balaban J connectivity index is 1.67. The van der Waals surface area contributed by atoms with Crippen molar-refractivity contribution in [3.8, 4) is 0 Å². The van der Waals surface area contributed by atoms with Crippen LogP contribution >= 0.6 is 34.3 Å². The molecule has 0 radical (unpaired) electrons. The number of nitrogens with one attached hydrogen (secondary N) is 1. The number of hydrogen-bond acceptors (Lipinski definition) is 6. The van der Waals surface area contributed by atoms with Gasteiger partial charge in [-0.3, -0.25) is 14.4 Å². The number of esters is 1. The van der Waals surface area contributed by atoms with Gasteiger partial charge >= 0.3 is 5.97 Å². The van der Waals surface area contributed by atoms with Gasteiger partial charge in [0.2, 0.25) is 0 Å². The molecule has 0 spiro atoms. The molecule has 5 nitrogen and oxygen atoms in total. The summed E-state index contributed by atoms with van der Waals surface area (Å²) in [6.07, 6.45) is -0.0367. The summed E-state index contributed by atoms with van der Waals surface area (Å²) >= 11 is 8.47. The molecule has 24 heavy (non-hydrogen) atoms. The van der Waals surface area contributed by atoms with E-state index in [9.17, 15) is 14.4 Å². The van der Waals surface area contributed by atoms with Crippen LogP contribution in [0.25, 0.3) is 0 Å². The number of carbonyl (C=O) groups is 3. The van der Waals surface area contributed by atoms with Crippen LogP contribution in [0, 0.1) is 0 Å². The van der Waals surface area contributed by atoms with E-state index in [2.05, 4.69) is 5.32 Å². The first kappa shape index (κ1) is 18.6. The highest BCUT2D eigenvalue weighted by Gasteiger charge is 2.15. The lowest BCUT2D eigenvalue weighted by Crippen LogP contribution is -2.30. The summed E-state index contributed by atoms with van der Waals surface area (Å²) in [4.78, 5) is 36.8. The predicted octanol–water partition coefficient (Wildman–Crippen LogP) is 3.85. The van der Waals surface area contributed by atoms with E-state index >= 15 is 0 Å². The van der Waals surface area contributed by atoms with Gasteiger partial charge in [-0.2, -0.15) is 0 Å². The Bertz CT molecular complexity index is 711. The Hall–Kier alpha value is -1.70. The molecule has 0 aromatic carbocycles. The second-order valence-corrected chi connectivity index (χ2v) is 7.69. The number of rotatable bonds is 8. The smallest absolute Gasteiger partial charge is 0.306 e. The molecule has 1 atom stereocenters. The Labute approximate surface area is 152 Å². The third-order valence-corrected chi connectivity index (χ3v) is 5.44. The SMILES string of the molecule is C[C@@H](NC(=O)COC(=O)CCC(=O)c1ccc(Cl)s1)c1cccs1. The molecular formula is C16H16ClNO4S2. The van der Waals surface area contributed by atoms with Crippen LogP contribution < -0.4 is 5.32 Å². The van der Waals surface area contributed by atoms with E-state index in [0.29, 0.717) is 9.21 Å². The van der Waals surface area contributed by atoms with E-state index in [1.807, 2.05) is 24.4 Å². The van der Waals surface area contributed by atoms with Crippen LogP contribution in [-0.2, 0) is 14.3 Å². The van der Waals surface area contributed by atoms with Crippen LogP contribution in [0.1, 0.15) is 40.4 Å². The zero-order valence-electron chi connectivity index (χ0n) is 12.9. The maximum absolute atomic E-state index is 11.8. The quantitative estimate of drug-likeness (QED) is 0.553. The number of Topliss-reactive ketones (excluding diaryl/α,β-unsaturated/α-hetero) is 1. The molecule has 128 valence electrons. The molecule has 2 rings (SSSR count). The van der Waals surface area contributed by atoms with Crippen molar-refractivity contribution in [1.82, 2.24) is 5.32 Å². The van der Waals surface area contributed by atoms with Crippen LogP contribution in [0.4, 0.5) is 0 Å². The van der Waals surface area contributed by atoms with Crippen molar-refractivity contribution in [1.29, 1.82) is 0 Å². The van der Waals surface area contributed by atoms with Crippen LogP contribution in [0.3, 0.4) is 0 Å². The number of carbonyl (C=O) groups excluding carboxylic acids is 3. The monoisotopic (exact) mass is 385 g/mol. The van der Waals surface area contributed by atoms with Gasteiger partial charge in [0.15, 0.2) is 12.4 Å². The molecule has 0 unspecified atom stereocenters. The highest BCUT2D eigenvalue weighted by atomic mass is 35.5. The minimum Gasteiger partial charge on any atom is -0.456 e. The van der Waals surface area contributed by atoms with E-state index < -0.39 is 5.97 Å². The number of thiophene rings is 2. The predicted molar refractivity (Wildman–Crippen MR) is 94.7 cm³/mol. The van der Waals surface area contributed by atoms with Gasteiger partial charge in [0.1, 0.15) is 0 Å². The van der Waals surface area contributed by atoms with E-state index in [4.69, 9.17) is 16.3 Å². The summed E-state index contributed by atoms with van der Waals surface area (Å²) < 4.78 is 5.42. The molecule has 2 aromatic heterocycles. The maximum Gasteiger partial charge on any atom is 0.306 e. The topological polar surface area (TPSA) is 72.5 Å². The molecule has 0 aliphatic heterocycles. The van der Waals surface area contributed by atoms with E-state index in [-0.39, 0.29) is 37.2 Å². The summed E-state index contributed by atoms with van der Waals surface area (Å²) in [5, 5.41) is 4.67. The fraction of sp³-hybridized carbons (Fsp3) is 0.312. The molecule has 1 N–H and O–H groups in total. The first-order valence-electron chi connectivity index (χ1n) is 7.22. The third-order valence-electron chi connectivity index (χ3n) is 3.12. The molecule has 0 saturated heterocycles. The fourth-order valence-corrected chi connectivity index (χ4v) is 3.66. The molecule has 0 fully saturated rings. The summed E-state index contributed by atoms with van der Waals surface area (Å²) in [6, 6.07) is 6.95. The highest BCUT2D eigenvalue weighted by molar-refractivity contribution is 7.18. The standard InChI is InChI=1S/C16H16ClNO4S2/c1-10(12-3-2-8-23-12)18-15(20)9-22-16(21)7-4-11(19)13-5-6-14(17)24-13/h2-3,5-6,8,10H,4,7,9H2,1H3,(H,18,20)/t10-/m1/s1. The summed E-state index contributed by atoms with van der Waals surface area (Å²) in [5.74, 6) is -1.12. The van der Waals surface area contributed by atoms with Crippen LogP contribution in [0.5, 0.6) is 0 Å². The van der Waals surface area contributed by atoms with Gasteiger partial charge in [0.25, 0.3) is 5.91 Å². The molecular weight excluding hydrogens is 370 g/mol. The van der Waals surface area contributed by atoms with Gasteiger partial charge in [0, 0.05) is 11.3 Å². The summed E-state index contributed by atoms with van der Waals surface area (Å²) in [7, 11) is 0. The number of ether oxygens (including phenoxy) is 1. The van der Waals surface area contributed by atoms with Crippen molar-refractivity contribution in [3.05, 3.63) is 43.7 Å². The van der Waals surface area contributed by atoms with Crippen molar-refractivity contribution in [3.63, 3.8) is 0 Å². The molecule has 0 aliphatic rings. The Morgan fingerprint density at radius 1 is 1.25 bits per heavy atom. The zero-order chi connectivity index (χ0) is 17.5. The van der Waals surface area contributed by atoms with Crippen LogP contribution in [-0.4, -0.2) is 24.3 Å². The number of hydrogen-bond donors (Lipinski definition) is 1. The van der Waals surface area contributed by atoms with E-state index in [0.717, 1.165) is 4.88 Å². The van der Waals surface area contributed by atoms with Crippen molar-refractivity contribution in [2.45, 2.75) is 25.8 Å². The first-order chi connectivity index (χ1) is 11.5. The Kier molecular flexibility index (Phi) is 6.96. The minimum atomic E-state index is -0.579. The Morgan fingerprint density at radius 3 is 2.67 bits per heavy atom. The molecule has 8 heteroatoms. The first-order valence-corrected chi connectivity index (χ1v) is 9.30. The van der Waals surface area contributed by atoms with Gasteiger partial charge < -0.3 is 10.1 Å². The normalized spacial score (nSPS) is 11.8. The molecule has 2 aromatic rings. The largest absolute Gasteiger partial charge is 0.456 e. The third kappa shape index (κ3) is 5.74. The maximum atomic E-state index is 11.8. The van der Waals surface area contributed by atoms with Crippen molar-refractivity contribution in [2.75, 3.05) is 6.61 Å².